The fraction of sp³-hybridized carbons (Fsp3) is 0.111. The van der Waals surface area contributed by atoms with Crippen molar-refractivity contribution in [2.24, 2.45) is 5.92 Å². The summed E-state index contributed by atoms with van der Waals surface area (Å²) in [7, 11) is 0. The van der Waals surface area contributed by atoms with Crippen LogP contribution in [0.4, 0.5) is 11.4 Å². The van der Waals surface area contributed by atoms with Gasteiger partial charge in [0.25, 0.3) is 5.91 Å². The Bertz CT molecular complexity index is 1360. The van der Waals surface area contributed by atoms with Gasteiger partial charge < -0.3 is 5.11 Å². The molecule has 2 amide bonds. The van der Waals surface area contributed by atoms with Gasteiger partial charge in [-0.1, -0.05) is 66.7 Å². The predicted molar refractivity (Wildman–Crippen MR) is 125 cm³/mol. The van der Waals surface area contributed by atoms with Crippen LogP contribution < -0.4 is 9.96 Å². The maximum atomic E-state index is 13.8. The van der Waals surface area contributed by atoms with Crippen LogP contribution in [0.15, 0.2) is 97.1 Å². The van der Waals surface area contributed by atoms with E-state index in [9.17, 15) is 14.7 Å². The predicted octanol–water partition coefficient (Wildman–Crippen LogP) is 4.60. The Kier molecular flexibility index (Phi) is 4.41. The summed E-state index contributed by atoms with van der Waals surface area (Å²) in [6, 6.07) is 28.9. The van der Waals surface area contributed by atoms with Crippen LogP contribution in [0.25, 0.3) is 10.8 Å². The maximum absolute atomic E-state index is 13.8. The smallest absolute Gasteiger partial charge is 0.266 e. The Labute approximate surface area is 190 Å². The lowest BCUT2D eigenvalue weighted by Gasteiger charge is -2.29. The molecule has 0 spiro atoms. The number of imide groups is 1. The average molecular weight is 436 g/mol. The molecule has 3 atom stereocenters. The standard InChI is InChI=1S/C27H20N2O4/c30-20-15-13-18(14-16-20)24-23-25(33-29(24)19-9-2-1-3-10-19)27(32)28(26(23)31)22-12-6-8-17-7-4-5-11-21(17)22/h1-16,23-25,30H/t23-,24-,25-/m1/s1. The van der Waals surface area contributed by atoms with E-state index in [1.54, 1.807) is 35.4 Å². The molecule has 0 radical (unpaired) electrons. The van der Waals surface area contributed by atoms with Crippen LogP contribution >= 0.6 is 0 Å². The minimum absolute atomic E-state index is 0.131. The van der Waals surface area contributed by atoms with Crippen molar-refractivity contribution in [2.75, 3.05) is 9.96 Å². The summed E-state index contributed by atoms with van der Waals surface area (Å²) in [6.45, 7) is 0. The van der Waals surface area contributed by atoms with Crippen LogP contribution in [0.5, 0.6) is 5.75 Å². The number of anilines is 2. The van der Waals surface area contributed by atoms with E-state index in [1.165, 1.54) is 4.90 Å². The van der Waals surface area contributed by atoms with Crippen molar-refractivity contribution in [1.29, 1.82) is 0 Å². The minimum atomic E-state index is -0.935. The molecular weight excluding hydrogens is 416 g/mol. The van der Waals surface area contributed by atoms with Crippen LogP contribution in [0.2, 0.25) is 0 Å². The number of amides is 2. The average Bonchev–Trinajstić information content (AvgIpc) is 3.36. The molecule has 0 aliphatic carbocycles. The number of fused-ring (bicyclic) bond motifs is 2. The summed E-state index contributed by atoms with van der Waals surface area (Å²) in [4.78, 5) is 34.8. The van der Waals surface area contributed by atoms with E-state index in [1.807, 2.05) is 66.7 Å². The molecule has 2 saturated heterocycles. The van der Waals surface area contributed by atoms with Crippen molar-refractivity contribution in [3.05, 3.63) is 103 Å². The van der Waals surface area contributed by atoms with Crippen LogP contribution in [0, 0.1) is 5.92 Å². The Morgan fingerprint density at radius 1 is 0.727 bits per heavy atom. The summed E-state index contributed by atoms with van der Waals surface area (Å²) >= 11 is 0. The fourth-order valence-electron chi connectivity index (χ4n) is 4.86. The van der Waals surface area contributed by atoms with E-state index in [-0.39, 0.29) is 17.6 Å². The van der Waals surface area contributed by atoms with E-state index in [0.717, 1.165) is 22.0 Å². The van der Waals surface area contributed by atoms with Crippen molar-refractivity contribution in [1.82, 2.24) is 0 Å². The molecule has 33 heavy (non-hydrogen) atoms. The Morgan fingerprint density at radius 3 is 2.21 bits per heavy atom. The molecule has 6 rings (SSSR count). The summed E-state index contributed by atoms with van der Waals surface area (Å²) in [5.74, 6) is -1.26. The number of aromatic hydroxyl groups is 1. The Hall–Kier alpha value is -4.16. The van der Waals surface area contributed by atoms with Crippen LogP contribution in [0.1, 0.15) is 11.6 Å². The molecule has 2 heterocycles. The van der Waals surface area contributed by atoms with Gasteiger partial charge in [0.15, 0.2) is 6.10 Å². The zero-order valence-corrected chi connectivity index (χ0v) is 17.5. The third-order valence-corrected chi connectivity index (χ3v) is 6.37. The number of carbonyl (C=O) groups excluding carboxylic acids is 2. The fourth-order valence-corrected chi connectivity index (χ4v) is 4.86. The molecule has 2 aliphatic rings. The Morgan fingerprint density at radius 2 is 1.42 bits per heavy atom. The van der Waals surface area contributed by atoms with Gasteiger partial charge in [-0.05, 0) is 41.3 Å². The topological polar surface area (TPSA) is 70.1 Å². The first-order valence-corrected chi connectivity index (χ1v) is 10.8. The summed E-state index contributed by atoms with van der Waals surface area (Å²) in [5, 5.41) is 13.2. The first kappa shape index (κ1) is 19.5. The van der Waals surface area contributed by atoms with Crippen molar-refractivity contribution in [2.45, 2.75) is 12.1 Å². The molecule has 0 unspecified atom stereocenters. The van der Waals surface area contributed by atoms with Gasteiger partial charge in [-0.15, -0.1) is 0 Å². The summed E-state index contributed by atoms with van der Waals surface area (Å²) in [6.07, 6.45) is -0.935. The number of hydroxylamine groups is 1. The zero-order valence-electron chi connectivity index (χ0n) is 17.5. The largest absolute Gasteiger partial charge is 0.508 e. The summed E-state index contributed by atoms with van der Waals surface area (Å²) in [5.41, 5.74) is 2.10. The maximum Gasteiger partial charge on any atom is 0.266 e. The molecule has 4 aromatic rings. The van der Waals surface area contributed by atoms with Gasteiger partial charge in [-0.2, -0.15) is 0 Å². The van der Waals surface area contributed by atoms with Gasteiger partial charge in [-0.3, -0.25) is 14.4 Å². The number of hydrogen-bond acceptors (Lipinski definition) is 5. The second kappa shape index (κ2) is 7.46. The first-order valence-electron chi connectivity index (χ1n) is 10.8. The lowest BCUT2D eigenvalue weighted by Crippen LogP contribution is -2.37. The van der Waals surface area contributed by atoms with Crippen LogP contribution in [-0.2, 0) is 14.4 Å². The van der Waals surface area contributed by atoms with E-state index >= 15 is 0 Å². The van der Waals surface area contributed by atoms with Crippen molar-refractivity contribution < 1.29 is 19.5 Å². The number of rotatable bonds is 3. The highest BCUT2D eigenvalue weighted by molar-refractivity contribution is 6.26. The van der Waals surface area contributed by atoms with Crippen molar-refractivity contribution >= 4 is 34.0 Å². The second-order valence-corrected chi connectivity index (χ2v) is 8.26. The van der Waals surface area contributed by atoms with Crippen molar-refractivity contribution in [3.8, 4) is 5.75 Å². The highest BCUT2D eigenvalue weighted by Gasteiger charge is 2.60. The van der Waals surface area contributed by atoms with Crippen LogP contribution in [0.3, 0.4) is 0 Å². The molecule has 0 bridgehead atoms. The molecule has 0 aromatic heterocycles. The zero-order chi connectivity index (χ0) is 22.5. The minimum Gasteiger partial charge on any atom is -0.508 e. The van der Waals surface area contributed by atoms with Gasteiger partial charge in [0.1, 0.15) is 11.7 Å². The number of para-hydroxylation sites is 1. The van der Waals surface area contributed by atoms with Gasteiger partial charge >= 0.3 is 0 Å². The number of carbonyl (C=O) groups is 2. The number of nitrogens with zero attached hydrogens (tertiary/aromatic N) is 2. The lowest BCUT2D eigenvalue weighted by molar-refractivity contribution is -0.126. The number of phenols is 1. The highest BCUT2D eigenvalue weighted by atomic mass is 16.7. The molecular formula is C27H20N2O4. The van der Waals surface area contributed by atoms with E-state index in [4.69, 9.17) is 4.84 Å². The van der Waals surface area contributed by atoms with Gasteiger partial charge in [0, 0.05) is 5.39 Å². The quantitative estimate of drug-likeness (QED) is 0.476. The highest BCUT2D eigenvalue weighted by Crippen LogP contribution is 2.48. The molecule has 162 valence electrons. The van der Waals surface area contributed by atoms with E-state index in [0.29, 0.717) is 5.69 Å². The molecule has 2 fully saturated rings. The van der Waals surface area contributed by atoms with E-state index in [2.05, 4.69) is 0 Å². The molecule has 0 saturated carbocycles. The SMILES string of the molecule is O=C1[C@@H]2[C@@H](c3ccc(O)cc3)N(c3ccccc3)O[C@H]2C(=O)N1c1cccc2ccccc12. The molecule has 6 nitrogen and oxygen atoms in total. The van der Waals surface area contributed by atoms with Crippen LogP contribution in [-0.4, -0.2) is 23.0 Å². The first-order chi connectivity index (χ1) is 16.1. The monoisotopic (exact) mass is 436 g/mol. The molecule has 6 heteroatoms. The normalized spacial score (nSPS) is 22.2. The third kappa shape index (κ3) is 2.99. The van der Waals surface area contributed by atoms with Gasteiger partial charge in [-0.25, -0.2) is 9.96 Å². The van der Waals surface area contributed by atoms with Gasteiger partial charge in [0.2, 0.25) is 5.91 Å². The van der Waals surface area contributed by atoms with Gasteiger partial charge in [0.05, 0.1) is 17.4 Å². The molecule has 2 aliphatic heterocycles. The number of hydrogen-bond donors (Lipinski definition) is 1. The molecule has 1 N–H and O–H groups in total. The lowest BCUT2D eigenvalue weighted by atomic mass is 9.90. The Balaban J connectivity index is 1.46. The third-order valence-electron chi connectivity index (χ3n) is 6.37. The van der Waals surface area contributed by atoms with Crippen molar-refractivity contribution in [3.63, 3.8) is 0 Å². The number of phenolic OH excluding ortho intramolecular Hbond substituents is 1. The molecule has 4 aromatic carbocycles. The van der Waals surface area contributed by atoms with E-state index < -0.39 is 18.1 Å². The summed E-state index contributed by atoms with van der Waals surface area (Å²) < 4.78 is 0. The number of benzene rings is 4. The second-order valence-electron chi connectivity index (χ2n) is 8.26.